The Kier molecular flexibility index (Phi) is 7.37. The quantitative estimate of drug-likeness (QED) is 0.662. The van der Waals surface area contributed by atoms with Gasteiger partial charge in [-0.2, -0.15) is 0 Å². The summed E-state index contributed by atoms with van der Waals surface area (Å²) in [6.07, 6.45) is -2.16. The zero-order valence-electron chi connectivity index (χ0n) is 12.5. The van der Waals surface area contributed by atoms with Gasteiger partial charge in [0, 0.05) is 18.2 Å². The SMILES string of the molecule is COc1ccc(C(O)C(O)CCSC(C)=O)cc1CC(=O)O. The van der Waals surface area contributed by atoms with E-state index in [1.807, 2.05) is 0 Å². The summed E-state index contributed by atoms with van der Waals surface area (Å²) >= 11 is 1.08. The van der Waals surface area contributed by atoms with Crippen molar-refractivity contribution >= 4 is 22.8 Å². The molecule has 0 heterocycles. The number of thioether (sulfide) groups is 1. The fourth-order valence-corrected chi connectivity index (χ4v) is 2.63. The van der Waals surface area contributed by atoms with Gasteiger partial charge >= 0.3 is 5.97 Å². The molecule has 0 amide bonds. The van der Waals surface area contributed by atoms with Gasteiger partial charge in [0.15, 0.2) is 5.12 Å². The topological polar surface area (TPSA) is 104 Å². The van der Waals surface area contributed by atoms with E-state index in [1.54, 1.807) is 12.1 Å². The molecule has 3 N–H and O–H groups in total. The standard InChI is InChI=1S/C15H20O6S/c1-9(16)22-6-5-12(17)15(20)10-3-4-13(21-2)11(7-10)8-14(18)19/h3-4,7,12,15,17,20H,5-6,8H2,1-2H3,(H,18,19). The molecule has 0 aromatic heterocycles. The number of carbonyl (C=O) groups is 2. The van der Waals surface area contributed by atoms with Crippen LogP contribution < -0.4 is 4.74 Å². The van der Waals surface area contributed by atoms with Crippen molar-refractivity contribution in [1.82, 2.24) is 0 Å². The number of aliphatic hydroxyl groups is 2. The average Bonchev–Trinajstić information content (AvgIpc) is 2.45. The first-order valence-electron chi connectivity index (χ1n) is 6.73. The highest BCUT2D eigenvalue weighted by atomic mass is 32.2. The molecule has 0 aliphatic rings. The maximum absolute atomic E-state index is 10.9. The van der Waals surface area contributed by atoms with Crippen molar-refractivity contribution in [3.8, 4) is 5.75 Å². The van der Waals surface area contributed by atoms with Crippen molar-refractivity contribution < 1.29 is 29.6 Å². The summed E-state index contributed by atoms with van der Waals surface area (Å²) < 4.78 is 5.08. The van der Waals surface area contributed by atoms with Crippen molar-refractivity contribution in [3.05, 3.63) is 29.3 Å². The van der Waals surface area contributed by atoms with E-state index < -0.39 is 18.2 Å². The van der Waals surface area contributed by atoms with E-state index in [0.717, 1.165) is 11.8 Å². The number of aliphatic carboxylic acids is 1. The van der Waals surface area contributed by atoms with Crippen molar-refractivity contribution in [2.24, 2.45) is 0 Å². The molecule has 0 saturated carbocycles. The van der Waals surface area contributed by atoms with Crippen molar-refractivity contribution in [1.29, 1.82) is 0 Å². The number of carboxylic acid groups (broad SMARTS) is 1. The van der Waals surface area contributed by atoms with Gasteiger partial charge in [-0.3, -0.25) is 9.59 Å². The van der Waals surface area contributed by atoms with Crippen LogP contribution in [0.25, 0.3) is 0 Å². The third-order valence-electron chi connectivity index (χ3n) is 3.07. The summed E-state index contributed by atoms with van der Waals surface area (Å²) in [6, 6.07) is 4.66. The predicted octanol–water partition coefficient (Wildman–Crippen LogP) is 1.39. The Morgan fingerprint density at radius 1 is 1.32 bits per heavy atom. The maximum atomic E-state index is 10.9. The summed E-state index contributed by atoms with van der Waals surface area (Å²) in [7, 11) is 1.44. The molecule has 122 valence electrons. The average molecular weight is 328 g/mol. The molecule has 1 aromatic carbocycles. The Bertz CT molecular complexity index is 531. The summed E-state index contributed by atoms with van der Waals surface area (Å²) in [5.74, 6) is -0.186. The number of aliphatic hydroxyl groups excluding tert-OH is 2. The molecule has 0 aliphatic heterocycles. The first-order valence-corrected chi connectivity index (χ1v) is 7.71. The molecule has 1 aromatic rings. The highest BCUT2D eigenvalue weighted by Gasteiger charge is 2.20. The number of hydrogen-bond acceptors (Lipinski definition) is 6. The Labute approximate surface area is 133 Å². The smallest absolute Gasteiger partial charge is 0.307 e. The molecule has 0 aliphatic carbocycles. The zero-order valence-corrected chi connectivity index (χ0v) is 13.3. The van der Waals surface area contributed by atoms with Gasteiger partial charge < -0.3 is 20.1 Å². The molecule has 0 radical (unpaired) electrons. The lowest BCUT2D eigenvalue weighted by molar-refractivity contribution is -0.136. The normalized spacial score (nSPS) is 13.5. The molecule has 22 heavy (non-hydrogen) atoms. The van der Waals surface area contributed by atoms with Crippen LogP contribution in [-0.4, -0.2) is 45.4 Å². The number of ether oxygens (including phenoxy) is 1. The van der Waals surface area contributed by atoms with Gasteiger partial charge in [-0.25, -0.2) is 0 Å². The maximum Gasteiger partial charge on any atom is 0.307 e. The molecule has 7 heteroatoms. The number of methoxy groups -OCH3 is 1. The Balaban J connectivity index is 2.81. The van der Waals surface area contributed by atoms with Crippen molar-refractivity contribution in [2.75, 3.05) is 12.9 Å². The van der Waals surface area contributed by atoms with Gasteiger partial charge in [0.05, 0.1) is 19.6 Å². The highest BCUT2D eigenvalue weighted by Crippen LogP contribution is 2.27. The molecule has 0 bridgehead atoms. The minimum atomic E-state index is -1.15. The molecular weight excluding hydrogens is 308 g/mol. The number of carbonyl (C=O) groups excluding carboxylic acids is 1. The van der Waals surface area contributed by atoms with Gasteiger partial charge in [-0.15, -0.1) is 0 Å². The van der Waals surface area contributed by atoms with Crippen LogP contribution >= 0.6 is 11.8 Å². The van der Waals surface area contributed by atoms with E-state index in [-0.39, 0.29) is 18.0 Å². The number of rotatable bonds is 8. The molecule has 0 fully saturated rings. The summed E-state index contributed by atoms with van der Waals surface area (Å²) in [4.78, 5) is 21.7. The fourth-order valence-electron chi connectivity index (χ4n) is 1.99. The first-order chi connectivity index (χ1) is 10.3. The van der Waals surface area contributed by atoms with Crippen LogP contribution in [0.4, 0.5) is 0 Å². The second-order valence-corrected chi connectivity index (χ2v) is 6.05. The molecule has 2 atom stereocenters. The summed E-state index contributed by atoms with van der Waals surface area (Å²) in [5.41, 5.74) is 0.842. The highest BCUT2D eigenvalue weighted by molar-refractivity contribution is 8.13. The van der Waals surface area contributed by atoms with Crippen LogP contribution in [0.3, 0.4) is 0 Å². The van der Waals surface area contributed by atoms with E-state index in [9.17, 15) is 19.8 Å². The van der Waals surface area contributed by atoms with E-state index in [4.69, 9.17) is 9.84 Å². The first kappa shape index (κ1) is 18.5. The van der Waals surface area contributed by atoms with Crippen LogP contribution in [0, 0.1) is 0 Å². The molecule has 0 saturated heterocycles. The lowest BCUT2D eigenvalue weighted by Crippen LogP contribution is -2.19. The lowest BCUT2D eigenvalue weighted by atomic mass is 9.99. The van der Waals surface area contributed by atoms with Gasteiger partial charge in [0.2, 0.25) is 0 Å². The zero-order chi connectivity index (χ0) is 16.7. The van der Waals surface area contributed by atoms with Crippen molar-refractivity contribution in [3.63, 3.8) is 0 Å². The summed E-state index contributed by atoms with van der Waals surface area (Å²) in [6.45, 7) is 1.44. The van der Waals surface area contributed by atoms with Gasteiger partial charge in [0.25, 0.3) is 0 Å². The predicted molar refractivity (Wildman–Crippen MR) is 83.1 cm³/mol. The second-order valence-electron chi connectivity index (χ2n) is 4.78. The minimum Gasteiger partial charge on any atom is -0.496 e. The van der Waals surface area contributed by atoms with Gasteiger partial charge in [-0.1, -0.05) is 17.8 Å². The number of hydrogen-bond donors (Lipinski definition) is 3. The van der Waals surface area contributed by atoms with Crippen LogP contribution in [0.2, 0.25) is 0 Å². The van der Waals surface area contributed by atoms with Crippen LogP contribution in [0.15, 0.2) is 18.2 Å². The Morgan fingerprint density at radius 2 is 2.00 bits per heavy atom. The summed E-state index contributed by atoms with van der Waals surface area (Å²) in [5, 5.41) is 29.0. The van der Waals surface area contributed by atoms with E-state index in [1.165, 1.54) is 20.1 Å². The number of benzene rings is 1. The van der Waals surface area contributed by atoms with Crippen LogP contribution in [0.5, 0.6) is 5.75 Å². The molecule has 1 rings (SSSR count). The third kappa shape index (κ3) is 5.67. The monoisotopic (exact) mass is 328 g/mol. The van der Waals surface area contributed by atoms with Gasteiger partial charge in [0.1, 0.15) is 11.9 Å². The van der Waals surface area contributed by atoms with Crippen LogP contribution in [0.1, 0.15) is 30.6 Å². The van der Waals surface area contributed by atoms with Gasteiger partial charge in [-0.05, 0) is 24.1 Å². The van der Waals surface area contributed by atoms with Crippen molar-refractivity contribution in [2.45, 2.75) is 32.0 Å². The molecule has 0 spiro atoms. The Hall–Kier alpha value is -1.57. The second kappa shape index (κ2) is 8.77. The molecule has 6 nitrogen and oxygen atoms in total. The van der Waals surface area contributed by atoms with E-state index >= 15 is 0 Å². The fraction of sp³-hybridized carbons (Fsp3) is 0.467. The Morgan fingerprint density at radius 3 is 2.55 bits per heavy atom. The molecular formula is C15H20O6S. The minimum absolute atomic E-state index is 0.0464. The number of carboxylic acids is 1. The van der Waals surface area contributed by atoms with E-state index in [2.05, 4.69) is 0 Å². The largest absolute Gasteiger partial charge is 0.496 e. The lowest BCUT2D eigenvalue weighted by Gasteiger charge is -2.19. The third-order valence-corrected chi connectivity index (χ3v) is 3.92. The van der Waals surface area contributed by atoms with Crippen LogP contribution in [-0.2, 0) is 16.0 Å². The van der Waals surface area contributed by atoms with E-state index in [0.29, 0.717) is 22.6 Å². The molecule has 2 unspecified atom stereocenters.